The number of thioether (sulfide) groups is 1. The van der Waals surface area contributed by atoms with Gasteiger partial charge in [0, 0.05) is 28.0 Å². The summed E-state index contributed by atoms with van der Waals surface area (Å²) in [5.74, 6) is 0.666. The molecule has 2 N–H and O–H groups in total. The lowest BCUT2D eigenvalue weighted by Crippen LogP contribution is -2.23. The maximum atomic E-state index is 12.5. The topological polar surface area (TPSA) is 71.8 Å². The van der Waals surface area contributed by atoms with Gasteiger partial charge in [-0.1, -0.05) is 47.1 Å². The number of anilines is 2. The van der Waals surface area contributed by atoms with Crippen LogP contribution in [0.15, 0.2) is 53.7 Å². The summed E-state index contributed by atoms with van der Waals surface area (Å²) in [5.41, 5.74) is 1.57. The molecule has 3 rings (SSSR count). The lowest BCUT2D eigenvalue weighted by molar-refractivity contribution is -0.115. The average molecular weight is 450 g/mol. The van der Waals surface area contributed by atoms with E-state index < -0.39 is 0 Å². The molecule has 2 aromatic carbocycles. The minimum atomic E-state index is -0.350. The molecule has 1 aromatic heterocycles. The van der Waals surface area contributed by atoms with Crippen LogP contribution in [0.5, 0.6) is 0 Å². The van der Waals surface area contributed by atoms with E-state index in [1.807, 2.05) is 42.7 Å². The zero-order valence-corrected chi connectivity index (χ0v) is 18.4. The van der Waals surface area contributed by atoms with Gasteiger partial charge in [-0.2, -0.15) is 0 Å². The van der Waals surface area contributed by atoms with Crippen LogP contribution < -0.4 is 10.6 Å². The van der Waals surface area contributed by atoms with Crippen molar-refractivity contribution < 1.29 is 4.79 Å². The molecule has 6 nitrogen and oxygen atoms in total. The van der Waals surface area contributed by atoms with E-state index in [0.717, 1.165) is 11.5 Å². The Labute approximate surface area is 184 Å². The Bertz CT molecular complexity index is 995. The number of rotatable bonds is 8. The second kappa shape index (κ2) is 10.0. The van der Waals surface area contributed by atoms with Gasteiger partial charge >= 0.3 is 0 Å². The molecule has 0 fully saturated rings. The number of carbonyl (C=O) groups is 1. The van der Waals surface area contributed by atoms with Crippen LogP contribution in [-0.2, 0) is 17.9 Å². The van der Waals surface area contributed by atoms with E-state index in [0.29, 0.717) is 34.0 Å². The van der Waals surface area contributed by atoms with Crippen LogP contribution in [0.25, 0.3) is 0 Å². The van der Waals surface area contributed by atoms with Gasteiger partial charge in [0.15, 0.2) is 11.0 Å². The molecule has 0 bridgehead atoms. The molecular weight excluding hydrogens is 429 g/mol. The molecular formula is C20H21Cl2N5OS. The molecule has 1 atom stereocenters. The summed E-state index contributed by atoms with van der Waals surface area (Å²) in [6.45, 7) is 5.06. The number of amides is 1. The number of hydrogen-bond donors (Lipinski definition) is 2. The molecule has 1 amide bonds. The third kappa shape index (κ3) is 5.88. The minimum absolute atomic E-state index is 0.124. The molecule has 1 heterocycles. The summed E-state index contributed by atoms with van der Waals surface area (Å²) < 4.78 is 1.99. The van der Waals surface area contributed by atoms with Crippen molar-refractivity contribution in [1.82, 2.24) is 14.8 Å². The Morgan fingerprint density at radius 3 is 2.41 bits per heavy atom. The SMILES string of the molecule is CCn1c(CNc2cccc(Cl)c2)nnc1S[C@H](C)C(=O)Nc1cccc(Cl)c1. The van der Waals surface area contributed by atoms with Crippen molar-refractivity contribution in [1.29, 1.82) is 0 Å². The smallest absolute Gasteiger partial charge is 0.237 e. The van der Waals surface area contributed by atoms with Crippen molar-refractivity contribution in [2.45, 2.75) is 37.3 Å². The summed E-state index contributed by atoms with van der Waals surface area (Å²) in [4.78, 5) is 12.5. The Morgan fingerprint density at radius 1 is 1.10 bits per heavy atom. The monoisotopic (exact) mass is 449 g/mol. The molecule has 29 heavy (non-hydrogen) atoms. The number of carbonyl (C=O) groups excluding carboxylic acids is 1. The number of aromatic nitrogens is 3. The molecule has 0 saturated carbocycles. The predicted octanol–water partition coefficient (Wildman–Crippen LogP) is 5.34. The summed E-state index contributed by atoms with van der Waals surface area (Å²) in [7, 11) is 0. The van der Waals surface area contributed by atoms with Gasteiger partial charge in [0.25, 0.3) is 0 Å². The van der Waals surface area contributed by atoms with Gasteiger partial charge in [0.2, 0.25) is 5.91 Å². The van der Waals surface area contributed by atoms with Crippen LogP contribution in [0.3, 0.4) is 0 Å². The van der Waals surface area contributed by atoms with Gasteiger partial charge in [-0.25, -0.2) is 0 Å². The van der Waals surface area contributed by atoms with Crippen molar-refractivity contribution >= 4 is 52.2 Å². The van der Waals surface area contributed by atoms with Crippen molar-refractivity contribution in [3.63, 3.8) is 0 Å². The molecule has 3 aromatic rings. The van der Waals surface area contributed by atoms with Crippen LogP contribution in [-0.4, -0.2) is 25.9 Å². The fourth-order valence-corrected chi connectivity index (χ4v) is 3.97. The first-order valence-corrected chi connectivity index (χ1v) is 10.7. The van der Waals surface area contributed by atoms with E-state index in [4.69, 9.17) is 23.2 Å². The zero-order valence-electron chi connectivity index (χ0n) is 16.0. The van der Waals surface area contributed by atoms with Crippen LogP contribution >= 0.6 is 35.0 Å². The van der Waals surface area contributed by atoms with Gasteiger partial charge in [-0.15, -0.1) is 10.2 Å². The number of nitrogens with zero attached hydrogens (tertiary/aromatic N) is 3. The molecule has 0 radical (unpaired) electrons. The molecule has 0 aliphatic heterocycles. The highest BCUT2D eigenvalue weighted by Gasteiger charge is 2.20. The van der Waals surface area contributed by atoms with Crippen LogP contribution in [0.1, 0.15) is 19.7 Å². The highest BCUT2D eigenvalue weighted by Crippen LogP contribution is 2.24. The largest absolute Gasteiger partial charge is 0.378 e. The maximum Gasteiger partial charge on any atom is 0.237 e. The number of benzene rings is 2. The molecule has 9 heteroatoms. The quantitative estimate of drug-likeness (QED) is 0.454. The fourth-order valence-electron chi connectivity index (χ4n) is 2.66. The maximum absolute atomic E-state index is 12.5. The first-order valence-electron chi connectivity index (χ1n) is 9.11. The summed E-state index contributed by atoms with van der Waals surface area (Å²) in [6.07, 6.45) is 0. The minimum Gasteiger partial charge on any atom is -0.378 e. The molecule has 0 aliphatic rings. The van der Waals surface area contributed by atoms with Gasteiger partial charge < -0.3 is 15.2 Å². The van der Waals surface area contributed by atoms with Gasteiger partial charge in [0.05, 0.1) is 11.8 Å². The van der Waals surface area contributed by atoms with E-state index in [1.165, 1.54) is 11.8 Å². The van der Waals surface area contributed by atoms with E-state index in [2.05, 4.69) is 20.8 Å². The first kappa shape index (κ1) is 21.5. The Morgan fingerprint density at radius 2 is 1.76 bits per heavy atom. The molecule has 0 unspecified atom stereocenters. The van der Waals surface area contributed by atoms with Gasteiger partial charge in [-0.3, -0.25) is 4.79 Å². The third-order valence-electron chi connectivity index (χ3n) is 4.13. The third-order valence-corrected chi connectivity index (χ3v) is 5.68. The van der Waals surface area contributed by atoms with Gasteiger partial charge in [-0.05, 0) is 50.2 Å². The second-order valence-corrected chi connectivity index (χ2v) is 8.45. The second-order valence-electron chi connectivity index (χ2n) is 6.27. The highest BCUT2D eigenvalue weighted by atomic mass is 35.5. The number of nitrogens with one attached hydrogen (secondary N) is 2. The standard InChI is InChI=1S/C20H21Cl2N5OS/c1-3-27-18(12-23-16-8-4-6-14(21)10-16)25-26-20(27)29-13(2)19(28)24-17-9-5-7-15(22)11-17/h4-11,13,23H,3,12H2,1-2H3,(H,24,28)/t13-/m1/s1. The van der Waals surface area contributed by atoms with Crippen molar-refractivity contribution in [2.24, 2.45) is 0 Å². The van der Waals surface area contributed by atoms with Crippen molar-refractivity contribution in [2.75, 3.05) is 10.6 Å². The summed E-state index contributed by atoms with van der Waals surface area (Å²) in [6, 6.07) is 14.6. The van der Waals surface area contributed by atoms with E-state index >= 15 is 0 Å². The van der Waals surface area contributed by atoms with Crippen LogP contribution in [0, 0.1) is 0 Å². The molecule has 152 valence electrons. The van der Waals surface area contributed by atoms with Crippen molar-refractivity contribution in [3.8, 4) is 0 Å². The van der Waals surface area contributed by atoms with E-state index in [9.17, 15) is 4.79 Å². The Balaban J connectivity index is 1.63. The zero-order chi connectivity index (χ0) is 20.8. The lowest BCUT2D eigenvalue weighted by atomic mass is 10.3. The first-order chi connectivity index (χ1) is 14.0. The number of hydrogen-bond acceptors (Lipinski definition) is 5. The van der Waals surface area contributed by atoms with Crippen LogP contribution in [0.2, 0.25) is 10.0 Å². The number of halogens is 2. The van der Waals surface area contributed by atoms with E-state index in [-0.39, 0.29) is 11.2 Å². The highest BCUT2D eigenvalue weighted by molar-refractivity contribution is 8.00. The van der Waals surface area contributed by atoms with Crippen LogP contribution in [0.4, 0.5) is 11.4 Å². The van der Waals surface area contributed by atoms with Gasteiger partial charge in [0.1, 0.15) is 0 Å². The Kier molecular flexibility index (Phi) is 7.41. The summed E-state index contributed by atoms with van der Waals surface area (Å²) in [5, 5.41) is 16.3. The fraction of sp³-hybridized carbons (Fsp3) is 0.250. The lowest BCUT2D eigenvalue weighted by Gasteiger charge is -2.13. The normalized spacial score (nSPS) is 11.9. The molecule has 0 spiro atoms. The summed E-state index contributed by atoms with van der Waals surface area (Å²) >= 11 is 13.4. The molecule has 0 saturated heterocycles. The average Bonchev–Trinajstić information content (AvgIpc) is 3.07. The Hall–Kier alpha value is -2.22. The van der Waals surface area contributed by atoms with Crippen molar-refractivity contribution in [3.05, 3.63) is 64.4 Å². The van der Waals surface area contributed by atoms with E-state index in [1.54, 1.807) is 24.3 Å². The molecule has 0 aliphatic carbocycles. The predicted molar refractivity (Wildman–Crippen MR) is 120 cm³/mol.